The molecule has 1 saturated carbocycles. The van der Waals surface area contributed by atoms with E-state index in [0.717, 1.165) is 41.8 Å². The molecule has 2 aromatic heterocycles. The molecule has 6 nitrogen and oxygen atoms in total. The largest absolute Gasteiger partial charge is 0.393 e. The Labute approximate surface area is 147 Å². The third-order valence-corrected chi connectivity index (χ3v) is 5.05. The van der Waals surface area contributed by atoms with Gasteiger partial charge in [0.1, 0.15) is 5.76 Å². The summed E-state index contributed by atoms with van der Waals surface area (Å²) in [5.74, 6) is 1.13. The molecule has 0 aromatic carbocycles. The molecule has 2 heterocycles. The molecule has 1 aliphatic carbocycles. The van der Waals surface area contributed by atoms with E-state index in [1.165, 1.54) is 0 Å². The van der Waals surface area contributed by atoms with Crippen LogP contribution in [-0.2, 0) is 17.6 Å². The third-order valence-electron chi connectivity index (χ3n) is 5.05. The summed E-state index contributed by atoms with van der Waals surface area (Å²) in [6.07, 6.45) is 6.59. The Morgan fingerprint density at radius 2 is 2.08 bits per heavy atom. The number of hydrogen-bond donors (Lipinski definition) is 2. The fraction of sp³-hybridized carbons (Fsp3) is 0.526. The normalized spacial score (nSPS) is 20.8. The molecule has 0 saturated heterocycles. The van der Waals surface area contributed by atoms with Gasteiger partial charge in [-0.15, -0.1) is 0 Å². The maximum Gasteiger partial charge on any atom is 0.220 e. The van der Waals surface area contributed by atoms with Crippen molar-refractivity contribution < 1.29 is 14.4 Å². The van der Waals surface area contributed by atoms with Crippen LogP contribution in [0.15, 0.2) is 29.0 Å². The predicted molar refractivity (Wildman–Crippen MR) is 92.9 cm³/mol. The van der Waals surface area contributed by atoms with E-state index < -0.39 is 0 Å². The molecule has 1 aliphatic rings. The van der Waals surface area contributed by atoms with E-state index in [4.69, 9.17) is 4.52 Å². The van der Waals surface area contributed by atoms with Gasteiger partial charge in [0.15, 0.2) is 0 Å². The van der Waals surface area contributed by atoms with Crippen molar-refractivity contribution in [2.45, 2.75) is 58.1 Å². The fourth-order valence-electron chi connectivity index (χ4n) is 3.44. The molecule has 2 aromatic rings. The maximum absolute atomic E-state index is 12.5. The zero-order valence-corrected chi connectivity index (χ0v) is 14.7. The first-order valence-corrected chi connectivity index (χ1v) is 8.81. The van der Waals surface area contributed by atoms with Gasteiger partial charge in [-0.3, -0.25) is 9.78 Å². The first kappa shape index (κ1) is 17.6. The highest BCUT2D eigenvalue weighted by molar-refractivity contribution is 5.76. The minimum absolute atomic E-state index is 0.0282. The van der Waals surface area contributed by atoms with E-state index in [1.807, 2.05) is 26.0 Å². The Hall–Kier alpha value is -2.21. The molecule has 6 heteroatoms. The van der Waals surface area contributed by atoms with Crippen LogP contribution < -0.4 is 5.32 Å². The summed E-state index contributed by atoms with van der Waals surface area (Å²) in [4.78, 5) is 16.5. The lowest BCUT2D eigenvalue weighted by Crippen LogP contribution is -2.48. The lowest BCUT2D eigenvalue weighted by atomic mass is 9.75. The van der Waals surface area contributed by atoms with Crippen LogP contribution >= 0.6 is 0 Å². The molecule has 1 unspecified atom stereocenters. The number of rotatable bonds is 7. The van der Waals surface area contributed by atoms with Crippen LogP contribution in [0.1, 0.15) is 41.8 Å². The van der Waals surface area contributed by atoms with Gasteiger partial charge in [0.2, 0.25) is 5.91 Å². The number of aliphatic hydroxyl groups is 1. The van der Waals surface area contributed by atoms with Crippen molar-refractivity contribution in [1.29, 1.82) is 0 Å². The van der Waals surface area contributed by atoms with Gasteiger partial charge in [-0.25, -0.2) is 0 Å². The molecule has 3 rings (SSSR count). The number of pyridine rings is 1. The minimum atomic E-state index is -0.232. The van der Waals surface area contributed by atoms with Crippen molar-refractivity contribution in [2.24, 2.45) is 5.92 Å². The predicted octanol–water partition coefficient (Wildman–Crippen LogP) is 2.12. The van der Waals surface area contributed by atoms with Crippen LogP contribution in [0.2, 0.25) is 0 Å². The monoisotopic (exact) mass is 343 g/mol. The molecule has 0 spiro atoms. The summed E-state index contributed by atoms with van der Waals surface area (Å²) in [7, 11) is 0. The highest BCUT2D eigenvalue weighted by Crippen LogP contribution is 2.31. The van der Waals surface area contributed by atoms with Crippen molar-refractivity contribution in [3.05, 3.63) is 47.1 Å². The maximum atomic E-state index is 12.5. The highest BCUT2D eigenvalue weighted by atomic mass is 16.5. The Balaban J connectivity index is 1.58. The van der Waals surface area contributed by atoms with E-state index in [9.17, 15) is 9.90 Å². The first-order valence-electron chi connectivity index (χ1n) is 8.81. The Bertz CT molecular complexity index is 688. The topological polar surface area (TPSA) is 88.3 Å². The van der Waals surface area contributed by atoms with Crippen LogP contribution in [0.5, 0.6) is 0 Å². The van der Waals surface area contributed by atoms with Gasteiger partial charge >= 0.3 is 0 Å². The molecule has 1 amide bonds. The molecule has 0 aliphatic heterocycles. The van der Waals surface area contributed by atoms with Crippen molar-refractivity contribution in [3.63, 3.8) is 0 Å². The van der Waals surface area contributed by atoms with Crippen LogP contribution in [0.3, 0.4) is 0 Å². The van der Waals surface area contributed by atoms with Crippen LogP contribution in [0, 0.1) is 19.8 Å². The first-order chi connectivity index (χ1) is 12.0. The zero-order chi connectivity index (χ0) is 17.8. The molecule has 2 N–H and O–H groups in total. The van der Waals surface area contributed by atoms with E-state index >= 15 is 0 Å². The summed E-state index contributed by atoms with van der Waals surface area (Å²) in [6, 6.07) is 3.99. The number of carbonyl (C=O) groups is 1. The lowest BCUT2D eigenvalue weighted by molar-refractivity contribution is -0.122. The molecule has 25 heavy (non-hydrogen) atoms. The average Bonchev–Trinajstić information content (AvgIpc) is 2.89. The molecule has 0 bridgehead atoms. The highest BCUT2D eigenvalue weighted by Gasteiger charge is 2.34. The number of nitrogens with one attached hydrogen (secondary N) is 1. The summed E-state index contributed by atoms with van der Waals surface area (Å²) in [6.45, 7) is 3.76. The van der Waals surface area contributed by atoms with Crippen LogP contribution in [0.4, 0.5) is 0 Å². The summed E-state index contributed by atoms with van der Waals surface area (Å²) < 4.78 is 5.15. The molecule has 0 radical (unpaired) electrons. The number of aromatic nitrogens is 2. The van der Waals surface area contributed by atoms with Gasteiger partial charge in [-0.05, 0) is 63.1 Å². The summed E-state index contributed by atoms with van der Waals surface area (Å²) >= 11 is 0. The Kier molecular flexibility index (Phi) is 5.48. The van der Waals surface area contributed by atoms with Crippen molar-refractivity contribution in [3.8, 4) is 0 Å². The second kappa shape index (κ2) is 7.78. The number of carbonyl (C=O) groups excluding carboxylic acids is 1. The summed E-state index contributed by atoms with van der Waals surface area (Å²) in [5.41, 5.74) is 3.01. The third kappa shape index (κ3) is 4.45. The summed E-state index contributed by atoms with van der Waals surface area (Å²) in [5, 5.41) is 16.7. The molecular formula is C19H25N3O3. The smallest absolute Gasteiger partial charge is 0.220 e. The standard InChI is InChI=1S/C19H25N3O3/c1-12-17(13(2)25-22-12)3-4-19(24)21-18(15-10-16(23)11-15)9-14-5-7-20-8-6-14/h5-8,15-16,18,23H,3-4,9-11H2,1-2H3,(H,21,24). The number of amides is 1. The van der Waals surface area contributed by atoms with Crippen molar-refractivity contribution >= 4 is 5.91 Å². The van der Waals surface area contributed by atoms with Crippen LogP contribution in [0.25, 0.3) is 0 Å². The second-order valence-electron chi connectivity index (χ2n) is 6.92. The van der Waals surface area contributed by atoms with E-state index in [2.05, 4.69) is 15.5 Å². The molecule has 134 valence electrons. The van der Waals surface area contributed by atoms with Gasteiger partial charge in [0, 0.05) is 30.4 Å². The number of aliphatic hydroxyl groups excluding tert-OH is 1. The SMILES string of the molecule is Cc1noc(C)c1CCC(=O)NC(Cc1ccncc1)C1CC(O)C1. The van der Waals surface area contributed by atoms with Gasteiger partial charge in [-0.1, -0.05) is 5.16 Å². The Morgan fingerprint density at radius 3 is 2.68 bits per heavy atom. The van der Waals surface area contributed by atoms with Gasteiger partial charge < -0.3 is 14.9 Å². The lowest BCUT2D eigenvalue weighted by Gasteiger charge is -2.38. The van der Waals surface area contributed by atoms with Crippen molar-refractivity contribution in [2.75, 3.05) is 0 Å². The van der Waals surface area contributed by atoms with Gasteiger partial charge in [-0.2, -0.15) is 0 Å². The number of hydrogen-bond acceptors (Lipinski definition) is 5. The number of nitrogens with zero attached hydrogens (tertiary/aromatic N) is 2. The zero-order valence-electron chi connectivity index (χ0n) is 14.7. The Morgan fingerprint density at radius 1 is 1.36 bits per heavy atom. The minimum Gasteiger partial charge on any atom is -0.393 e. The molecular weight excluding hydrogens is 318 g/mol. The van der Waals surface area contributed by atoms with Crippen LogP contribution in [-0.4, -0.2) is 33.3 Å². The molecule has 1 atom stereocenters. The fourth-order valence-corrected chi connectivity index (χ4v) is 3.44. The van der Waals surface area contributed by atoms with Gasteiger partial charge in [0.25, 0.3) is 0 Å². The molecule has 1 fully saturated rings. The average molecular weight is 343 g/mol. The van der Waals surface area contributed by atoms with E-state index in [0.29, 0.717) is 18.8 Å². The second-order valence-corrected chi connectivity index (χ2v) is 6.92. The van der Waals surface area contributed by atoms with E-state index in [-0.39, 0.29) is 18.1 Å². The van der Waals surface area contributed by atoms with Gasteiger partial charge in [0.05, 0.1) is 11.8 Å². The quantitative estimate of drug-likeness (QED) is 0.804. The number of aryl methyl sites for hydroxylation is 2. The van der Waals surface area contributed by atoms with Crippen molar-refractivity contribution in [1.82, 2.24) is 15.5 Å². The van der Waals surface area contributed by atoms with E-state index in [1.54, 1.807) is 12.4 Å².